The number of aliphatic carboxylic acids is 1. The van der Waals surface area contributed by atoms with Crippen LogP contribution in [0.4, 0.5) is 0 Å². The first-order valence-electron chi connectivity index (χ1n) is 11.6. The molecule has 1 saturated heterocycles. The molecule has 1 heterocycles. The lowest BCUT2D eigenvalue weighted by Crippen LogP contribution is -2.59. The van der Waals surface area contributed by atoms with Gasteiger partial charge in [-0.15, -0.1) is 0 Å². The second-order valence-corrected chi connectivity index (χ2v) is 9.24. The molecule has 3 amide bonds. The summed E-state index contributed by atoms with van der Waals surface area (Å²) in [6, 6.07) is 4.64. The molecule has 188 valence electrons. The van der Waals surface area contributed by atoms with Gasteiger partial charge in [0.05, 0.1) is 12.1 Å². The topological polar surface area (TPSA) is 162 Å². The lowest BCUT2D eigenvalue weighted by atomic mass is 10.0. The maximum absolute atomic E-state index is 13.0. The van der Waals surface area contributed by atoms with E-state index >= 15 is 0 Å². The highest BCUT2D eigenvalue weighted by Gasteiger charge is 2.38. The number of nitrogens with one attached hydrogen (secondary N) is 2. The summed E-state index contributed by atoms with van der Waals surface area (Å²) in [5.41, 5.74) is 6.74. The fourth-order valence-corrected chi connectivity index (χ4v) is 4.09. The highest BCUT2D eigenvalue weighted by molar-refractivity contribution is 5.94. The predicted molar refractivity (Wildman–Crippen MR) is 125 cm³/mol. The SMILES string of the molecule is CC(C)CC(N)C(=O)N1CCCC1C(=O)NC(C(=O)NC(Cc1ccccc1)C(=O)O)C(C)O. The van der Waals surface area contributed by atoms with Gasteiger partial charge in [0, 0.05) is 13.0 Å². The third-order valence-corrected chi connectivity index (χ3v) is 5.84. The van der Waals surface area contributed by atoms with Crippen LogP contribution in [0.2, 0.25) is 0 Å². The Bertz CT molecular complexity index is 860. The van der Waals surface area contributed by atoms with E-state index in [1.54, 1.807) is 30.3 Å². The minimum absolute atomic E-state index is 0.0427. The fourth-order valence-electron chi connectivity index (χ4n) is 4.09. The zero-order valence-corrected chi connectivity index (χ0v) is 19.9. The standard InChI is InChI=1S/C24H36N4O6/c1-14(2)12-17(25)23(32)28-11-7-10-19(28)21(30)27-20(15(3)29)22(31)26-18(24(33)34)13-16-8-5-4-6-9-16/h4-6,8-9,14-15,17-20,29H,7,10-13,25H2,1-3H3,(H,26,31)(H,27,30)(H,33,34). The molecule has 1 aromatic carbocycles. The monoisotopic (exact) mass is 476 g/mol. The first kappa shape index (κ1) is 27.3. The zero-order valence-electron chi connectivity index (χ0n) is 19.9. The molecule has 0 spiro atoms. The number of nitrogens with zero attached hydrogens (tertiary/aromatic N) is 1. The molecule has 10 nitrogen and oxygen atoms in total. The minimum atomic E-state index is -1.38. The van der Waals surface area contributed by atoms with Crippen LogP contribution in [0.1, 0.15) is 45.6 Å². The molecule has 6 N–H and O–H groups in total. The number of nitrogens with two attached hydrogens (primary N) is 1. The molecule has 34 heavy (non-hydrogen) atoms. The number of carbonyl (C=O) groups is 4. The molecule has 1 aliphatic heterocycles. The number of carboxylic acids is 1. The molecule has 0 radical (unpaired) electrons. The van der Waals surface area contributed by atoms with Gasteiger partial charge >= 0.3 is 5.97 Å². The number of aliphatic hydroxyl groups is 1. The molecule has 1 aromatic rings. The van der Waals surface area contributed by atoms with Crippen LogP contribution in [0.3, 0.4) is 0 Å². The van der Waals surface area contributed by atoms with Crippen molar-refractivity contribution >= 4 is 23.7 Å². The number of hydrogen-bond acceptors (Lipinski definition) is 6. The van der Waals surface area contributed by atoms with Crippen LogP contribution in [-0.2, 0) is 25.6 Å². The van der Waals surface area contributed by atoms with Crippen LogP contribution >= 0.6 is 0 Å². The fraction of sp³-hybridized carbons (Fsp3) is 0.583. The van der Waals surface area contributed by atoms with Gasteiger partial charge in [0.15, 0.2) is 0 Å². The Morgan fingerprint density at radius 3 is 2.32 bits per heavy atom. The van der Waals surface area contributed by atoms with Gasteiger partial charge in [0.1, 0.15) is 18.1 Å². The minimum Gasteiger partial charge on any atom is -0.480 e. The van der Waals surface area contributed by atoms with E-state index in [1.165, 1.54) is 11.8 Å². The highest BCUT2D eigenvalue weighted by atomic mass is 16.4. The molecule has 10 heteroatoms. The van der Waals surface area contributed by atoms with Crippen LogP contribution in [0.15, 0.2) is 30.3 Å². The van der Waals surface area contributed by atoms with Crippen molar-refractivity contribution in [3.63, 3.8) is 0 Å². The van der Waals surface area contributed by atoms with E-state index in [9.17, 15) is 29.4 Å². The second-order valence-electron chi connectivity index (χ2n) is 9.24. The average molecular weight is 477 g/mol. The third kappa shape index (κ3) is 7.53. The summed E-state index contributed by atoms with van der Waals surface area (Å²) in [6.07, 6.45) is 0.263. The lowest BCUT2D eigenvalue weighted by molar-refractivity contribution is -0.144. The van der Waals surface area contributed by atoms with E-state index in [0.717, 1.165) is 0 Å². The molecule has 1 fully saturated rings. The number of aliphatic hydroxyl groups excluding tert-OH is 1. The number of amides is 3. The van der Waals surface area contributed by atoms with Gasteiger partial charge in [-0.25, -0.2) is 4.79 Å². The maximum Gasteiger partial charge on any atom is 0.326 e. The molecule has 2 rings (SSSR count). The summed E-state index contributed by atoms with van der Waals surface area (Å²) in [4.78, 5) is 51.7. The maximum atomic E-state index is 13.0. The number of likely N-dealkylation sites (tertiary alicyclic amines) is 1. The van der Waals surface area contributed by atoms with Crippen LogP contribution in [-0.4, -0.2) is 75.6 Å². The van der Waals surface area contributed by atoms with E-state index in [-0.39, 0.29) is 18.2 Å². The van der Waals surface area contributed by atoms with Gasteiger partial charge in [0.25, 0.3) is 0 Å². The van der Waals surface area contributed by atoms with Crippen LogP contribution in [0.5, 0.6) is 0 Å². The van der Waals surface area contributed by atoms with Crippen molar-refractivity contribution < 1.29 is 29.4 Å². The molecule has 1 aliphatic rings. The first-order chi connectivity index (χ1) is 16.0. The Balaban J connectivity index is 2.07. The summed E-state index contributed by atoms with van der Waals surface area (Å²) in [7, 11) is 0. The van der Waals surface area contributed by atoms with Crippen molar-refractivity contribution in [1.82, 2.24) is 15.5 Å². The summed E-state index contributed by atoms with van der Waals surface area (Å²) in [5.74, 6) is -2.74. The Kier molecular flexibility index (Phi) is 10.0. The van der Waals surface area contributed by atoms with Gasteiger partial charge in [-0.05, 0) is 37.7 Å². The smallest absolute Gasteiger partial charge is 0.326 e. The Morgan fingerprint density at radius 1 is 1.12 bits per heavy atom. The van der Waals surface area contributed by atoms with Gasteiger partial charge in [-0.3, -0.25) is 14.4 Å². The van der Waals surface area contributed by atoms with E-state index < -0.39 is 48.1 Å². The summed E-state index contributed by atoms with van der Waals surface area (Å²) in [5, 5.41) is 24.6. The van der Waals surface area contributed by atoms with Gasteiger partial charge in [0.2, 0.25) is 17.7 Å². The molecule has 0 saturated carbocycles. The molecular formula is C24H36N4O6. The highest BCUT2D eigenvalue weighted by Crippen LogP contribution is 2.20. The van der Waals surface area contributed by atoms with Gasteiger partial charge in [-0.1, -0.05) is 44.2 Å². The number of rotatable bonds is 11. The molecular weight excluding hydrogens is 440 g/mol. The van der Waals surface area contributed by atoms with E-state index in [4.69, 9.17) is 5.73 Å². The van der Waals surface area contributed by atoms with Crippen LogP contribution < -0.4 is 16.4 Å². The Labute approximate surface area is 199 Å². The van der Waals surface area contributed by atoms with E-state index in [2.05, 4.69) is 10.6 Å². The van der Waals surface area contributed by atoms with Gasteiger partial charge in [-0.2, -0.15) is 0 Å². The van der Waals surface area contributed by atoms with Crippen molar-refractivity contribution in [1.29, 1.82) is 0 Å². The average Bonchev–Trinajstić information content (AvgIpc) is 3.26. The largest absolute Gasteiger partial charge is 0.480 e. The zero-order chi connectivity index (χ0) is 25.4. The quantitative estimate of drug-likeness (QED) is 0.301. The van der Waals surface area contributed by atoms with Gasteiger partial charge < -0.3 is 31.5 Å². The molecule has 0 aromatic heterocycles. The molecule has 5 atom stereocenters. The first-order valence-corrected chi connectivity index (χ1v) is 11.6. The number of benzene rings is 1. The van der Waals surface area contributed by atoms with E-state index in [0.29, 0.717) is 31.4 Å². The van der Waals surface area contributed by atoms with Crippen molar-refractivity contribution in [3.05, 3.63) is 35.9 Å². The number of carbonyl (C=O) groups excluding carboxylic acids is 3. The van der Waals surface area contributed by atoms with Crippen molar-refractivity contribution in [2.45, 2.75) is 76.7 Å². The molecule has 0 bridgehead atoms. The Hall–Kier alpha value is -2.98. The van der Waals surface area contributed by atoms with Crippen molar-refractivity contribution in [2.24, 2.45) is 11.7 Å². The second kappa shape index (κ2) is 12.5. The summed E-state index contributed by atoms with van der Waals surface area (Å²) >= 11 is 0. The van der Waals surface area contributed by atoms with Crippen LogP contribution in [0.25, 0.3) is 0 Å². The lowest BCUT2D eigenvalue weighted by Gasteiger charge is -2.29. The summed E-state index contributed by atoms with van der Waals surface area (Å²) < 4.78 is 0. The van der Waals surface area contributed by atoms with Crippen molar-refractivity contribution in [3.8, 4) is 0 Å². The molecule has 5 unspecified atom stereocenters. The summed E-state index contributed by atoms with van der Waals surface area (Å²) in [6.45, 7) is 5.62. The number of carboxylic acid groups (broad SMARTS) is 1. The van der Waals surface area contributed by atoms with Crippen LogP contribution in [0, 0.1) is 5.92 Å². The third-order valence-electron chi connectivity index (χ3n) is 5.84. The van der Waals surface area contributed by atoms with Crippen molar-refractivity contribution in [2.75, 3.05) is 6.54 Å². The number of hydrogen-bond donors (Lipinski definition) is 5. The van der Waals surface area contributed by atoms with E-state index in [1.807, 2.05) is 13.8 Å². The predicted octanol–water partition coefficient (Wildman–Crippen LogP) is 0.0285. The normalized spacial score (nSPS) is 19.2. The molecule has 0 aliphatic carbocycles. The Morgan fingerprint density at radius 2 is 1.76 bits per heavy atom.